The Balaban J connectivity index is 0.00000136. The van der Waals surface area contributed by atoms with Crippen molar-refractivity contribution in [3.05, 3.63) is 118 Å². The molecule has 2 aliphatic heterocycles. The maximum absolute atomic E-state index is 12.1. The van der Waals surface area contributed by atoms with Gasteiger partial charge in [0.2, 0.25) is 0 Å². The first-order valence-electron chi connectivity index (χ1n) is 15.0. The quantitative estimate of drug-likeness (QED) is 0.134. The molecule has 6 nitrogen and oxygen atoms in total. The fourth-order valence-electron chi connectivity index (χ4n) is 5.68. The molecule has 0 atom stereocenters. The minimum Gasteiger partial charge on any atom is -0.657 e. The van der Waals surface area contributed by atoms with Crippen molar-refractivity contribution in [1.29, 1.82) is 0 Å². The number of hydrogen-bond donors (Lipinski definition) is 0. The molecule has 0 spiro atoms. The van der Waals surface area contributed by atoms with Gasteiger partial charge in [-0.2, -0.15) is 0 Å². The number of rotatable bonds is 3. The molecule has 5 heterocycles. The number of benzene rings is 2. The summed E-state index contributed by atoms with van der Waals surface area (Å²) in [5, 5.41) is 0. The van der Waals surface area contributed by atoms with Crippen molar-refractivity contribution in [2.75, 3.05) is 7.11 Å². The van der Waals surface area contributed by atoms with Gasteiger partial charge in [0.25, 0.3) is 0 Å². The van der Waals surface area contributed by atoms with Gasteiger partial charge in [0, 0.05) is 27.7 Å². The van der Waals surface area contributed by atoms with Crippen molar-refractivity contribution < 1.29 is 29.0 Å². The van der Waals surface area contributed by atoms with E-state index in [1.165, 1.54) is 7.11 Å². The van der Waals surface area contributed by atoms with Crippen LogP contribution in [-0.2, 0) is 36.1 Å². The number of fused-ring (bicyclic) bond motifs is 8. The molecule has 0 aliphatic carbocycles. The first kappa shape index (κ1) is 33.2. The fourth-order valence-corrected chi connectivity index (χ4v) is 6.10. The number of esters is 1. The number of carbonyl (C=O) groups excluding carboxylic acids is 1. The summed E-state index contributed by atoms with van der Waals surface area (Å²) in [6.45, 7) is 8.42. The topological polar surface area (TPSA) is 80.3 Å². The predicted molar refractivity (Wildman–Crippen MR) is 186 cm³/mol. The summed E-state index contributed by atoms with van der Waals surface area (Å²) >= 11 is 3.74. The van der Waals surface area contributed by atoms with E-state index in [0.29, 0.717) is 5.56 Å². The molecule has 0 saturated heterocycles. The molecule has 0 N–H and O–H groups in total. The zero-order valence-corrected chi connectivity index (χ0v) is 31.2. The van der Waals surface area contributed by atoms with Crippen LogP contribution in [0.5, 0.6) is 0 Å². The normalized spacial score (nSPS) is 12.9. The second kappa shape index (κ2) is 13.7. The van der Waals surface area contributed by atoms with Gasteiger partial charge in [-0.25, -0.2) is 9.78 Å². The number of carbonyl (C=O) groups is 1. The van der Waals surface area contributed by atoms with Crippen LogP contribution in [-0.4, -0.2) is 23.0 Å². The van der Waals surface area contributed by atoms with E-state index in [1.807, 2.05) is 68.5 Å². The van der Waals surface area contributed by atoms with E-state index in [1.54, 1.807) is 12.1 Å². The molecule has 3 aromatic heterocycles. The average molecular weight is 723 g/mol. The van der Waals surface area contributed by atoms with Crippen LogP contribution in [0.2, 0.25) is 0 Å². The molecule has 0 saturated carbocycles. The molecule has 0 fully saturated rings. The van der Waals surface area contributed by atoms with Crippen LogP contribution in [0.1, 0.15) is 60.8 Å². The van der Waals surface area contributed by atoms with Gasteiger partial charge in [-0.1, -0.05) is 116 Å². The summed E-state index contributed by atoms with van der Waals surface area (Å²) in [5.41, 5.74) is 11.0. The van der Waals surface area contributed by atoms with Gasteiger partial charge < -0.3 is 14.7 Å². The van der Waals surface area contributed by atoms with E-state index in [4.69, 9.17) is 24.7 Å². The third-order valence-corrected chi connectivity index (χ3v) is 8.51. The van der Waals surface area contributed by atoms with Gasteiger partial charge in [-0.3, -0.25) is 4.98 Å². The van der Waals surface area contributed by atoms with Crippen molar-refractivity contribution in [2.24, 2.45) is 0 Å². The van der Waals surface area contributed by atoms with Gasteiger partial charge in [0.05, 0.1) is 24.1 Å². The molecule has 0 radical (unpaired) electrons. The SMILES string of the molecule is CC.COC(=O)c1ccc(-c2c3nc(cc4[n-]c(cc5nc(cc6[n-]c2cc6Br)CC5(C)C)cc4-c2ccccc2)C=C3)cc1.[Zn+2]. The van der Waals surface area contributed by atoms with Gasteiger partial charge in [-0.15, -0.1) is 22.1 Å². The molecular weight excluding hydrogens is 690 g/mol. The summed E-state index contributed by atoms with van der Waals surface area (Å²) in [6.07, 6.45) is 4.79. The van der Waals surface area contributed by atoms with Gasteiger partial charge in [-0.05, 0) is 46.5 Å². The van der Waals surface area contributed by atoms with Crippen LogP contribution >= 0.6 is 15.9 Å². The average Bonchev–Trinajstić information content (AvgIpc) is 3.82. The van der Waals surface area contributed by atoms with Crippen LogP contribution < -0.4 is 9.97 Å². The van der Waals surface area contributed by atoms with Crippen molar-refractivity contribution >= 4 is 56.1 Å². The third kappa shape index (κ3) is 6.56. The van der Waals surface area contributed by atoms with Crippen LogP contribution in [0.15, 0.2) is 89.4 Å². The Kier molecular flexibility index (Phi) is 9.90. The largest absolute Gasteiger partial charge is 2.00 e. The second-order valence-electron chi connectivity index (χ2n) is 11.4. The first-order chi connectivity index (χ1) is 21.8. The van der Waals surface area contributed by atoms with Gasteiger partial charge >= 0.3 is 25.4 Å². The van der Waals surface area contributed by atoms with Crippen molar-refractivity contribution in [3.8, 4) is 22.3 Å². The van der Waals surface area contributed by atoms with Crippen LogP contribution in [0.25, 0.3) is 56.5 Å². The van der Waals surface area contributed by atoms with Crippen molar-refractivity contribution in [2.45, 2.75) is 39.5 Å². The minimum atomic E-state index is -0.381. The molecule has 7 rings (SSSR count). The zero-order chi connectivity index (χ0) is 31.7. The summed E-state index contributed by atoms with van der Waals surface area (Å²) in [4.78, 5) is 32.3. The minimum absolute atomic E-state index is 0. The summed E-state index contributed by atoms with van der Waals surface area (Å²) in [7, 11) is 1.38. The fraction of sp³-hybridized carbons (Fsp3) is 0.184. The van der Waals surface area contributed by atoms with E-state index in [2.05, 4.69) is 60.1 Å². The summed E-state index contributed by atoms with van der Waals surface area (Å²) < 4.78 is 5.78. The molecule has 8 bridgehead atoms. The van der Waals surface area contributed by atoms with E-state index >= 15 is 0 Å². The Bertz CT molecular complexity index is 2100. The van der Waals surface area contributed by atoms with Crippen LogP contribution in [0.4, 0.5) is 0 Å². The number of hydrogen-bond acceptors (Lipinski definition) is 4. The molecule has 46 heavy (non-hydrogen) atoms. The maximum atomic E-state index is 12.1. The predicted octanol–water partition coefficient (Wildman–Crippen LogP) is 9.17. The molecule has 226 valence electrons. The number of ether oxygens (including phenoxy) is 1. The van der Waals surface area contributed by atoms with E-state index < -0.39 is 0 Å². The molecule has 2 aliphatic rings. The van der Waals surface area contributed by atoms with Crippen molar-refractivity contribution in [3.63, 3.8) is 0 Å². The molecule has 8 heteroatoms. The number of aromatic nitrogens is 4. The van der Waals surface area contributed by atoms with E-state index in [9.17, 15) is 4.79 Å². The number of halogens is 1. The second-order valence-corrected chi connectivity index (χ2v) is 12.3. The molecule has 2 aromatic carbocycles. The Morgan fingerprint density at radius 3 is 2.28 bits per heavy atom. The van der Waals surface area contributed by atoms with Crippen LogP contribution in [0.3, 0.4) is 0 Å². The van der Waals surface area contributed by atoms with Gasteiger partial charge in [0.15, 0.2) is 0 Å². The zero-order valence-electron chi connectivity index (χ0n) is 26.6. The van der Waals surface area contributed by atoms with E-state index in [0.717, 1.165) is 78.0 Å². The third-order valence-electron chi connectivity index (χ3n) is 7.87. The number of methoxy groups -OCH3 is 1. The van der Waals surface area contributed by atoms with Crippen molar-refractivity contribution in [1.82, 2.24) is 19.9 Å². The summed E-state index contributed by atoms with van der Waals surface area (Å²) in [5.74, 6) is -0.381. The molecule has 0 amide bonds. The molecular formula is C38H33BrN4O2Zn. The molecule has 0 unspecified atom stereocenters. The Labute approximate surface area is 290 Å². The Morgan fingerprint density at radius 2 is 1.57 bits per heavy atom. The van der Waals surface area contributed by atoms with Gasteiger partial charge in [0.1, 0.15) is 0 Å². The van der Waals surface area contributed by atoms with Crippen LogP contribution in [0, 0.1) is 0 Å². The maximum Gasteiger partial charge on any atom is 2.00 e. The molecule has 5 aromatic rings. The first-order valence-corrected chi connectivity index (χ1v) is 15.8. The number of nitrogens with zero attached hydrogens (tertiary/aromatic N) is 4. The smallest absolute Gasteiger partial charge is 0.657 e. The Hall–Kier alpha value is -4.13. The Morgan fingerprint density at radius 1 is 0.826 bits per heavy atom. The standard InChI is InChI=1S/C36H28BrN4O2.C2H6.Zn/c1-36(2)20-26-17-31-28(37)19-32(41-31)34(22-9-11-23(12-10-22)35(42)43-3)29-14-13-24(38-29)16-30-27(21-7-5-4-6-8-21)15-25(39-30)18-33(36)40-26;1-2;/h4-19H,20H2,1-3H3,(H-,38,39,40,41,42);1-2H3;/q-1;;+2/p-1. The summed E-state index contributed by atoms with van der Waals surface area (Å²) in [6, 6.07) is 28.0. The van der Waals surface area contributed by atoms with E-state index in [-0.39, 0.29) is 30.9 Å². The monoisotopic (exact) mass is 720 g/mol.